The maximum atomic E-state index is 4.26. The van der Waals surface area contributed by atoms with E-state index in [9.17, 15) is 0 Å². The van der Waals surface area contributed by atoms with Crippen LogP contribution >= 0.6 is 11.3 Å². The van der Waals surface area contributed by atoms with Crippen molar-refractivity contribution in [2.24, 2.45) is 0 Å². The van der Waals surface area contributed by atoms with Crippen LogP contribution in [0.5, 0.6) is 0 Å². The third kappa shape index (κ3) is 3.00. The van der Waals surface area contributed by atoms with Gasteiger partial charge in [-0.15, -0.1) is 10.2 Å². The first-order chi connectivity index (χ1) is 7.74. The van der Waals surface area contributed by atoms with E-state index in [2.05, 4.69) is 26.6 Å². The monoisotopic (exact) mass is 234 g/mol. The zero-order chi connectivity index (χ0) is 11.4. The fourth-order valence-electron chi connectivity index (χ4n) is 1.33. The molecular formula is C11H14N4S. The van der Waals surface area contributed by atoms with Crippen LogP contribution in [0.4, 0.5) is 5.13 Å². The normalized spacial score (nSPS) is 10.4. The fourth-order valence-corrected chi connectivity index (χ4v) is 1.95. The highest BCUT2D eigenvalue weighted by Gasteiger charge is 1.99. The van der Waals surface area contributed by atoms with Crippen molar-refractivity contribution in [3.05, 3.63) is 34.6 Å². The number of hydrogen-bond donors (Lipinski definition) is 1. The van der Waals surface area contributed by atoms with Crippen LogP contribution in [-0.2, 0) is 6.42 Å². The Balaban J connectivity index is 1.82. The van der Waals surface area contributed by atoms with Crippen LogP contribution in [0.15, 0.2) is 18.3 Å². The van der Waals surface area contributed by atoms with E-state index in [4.69, 9.17) is 0 Å². The standard InChI is InChI=1S/C11H14N4S/c1-8-3-4-10(7-13-8)5-6-12-11-15-14-9(2)16-11/h3-4,7H,5-6H2,1-2H3,(H,12,15). The third-order valence-electron chi connectivity index (χ3n) is 2.19. The van der Waals surface area contributed by atoms with Gasteiger partial charge in [0.1, 0.15) is 5.01 Å². The lowest BCUT2D eigenvalue weighted by atomic mass is 10.2. The molecule has 0 aliphatic rings. The highest BCUT2D eigenvalue weighted by Crippen LogP contribution is 2.13. The van der Waals surface area contributed by atoms with E-state index in [1.54, 1.807) is 11.3 Å². The Labute approximate surface area is 98.8 Å². The van der Waals surface area contributed by atoms with Crippen LogP contribution in [0.3, 0.4) is 0 Å². The summed E-state index contributed by atoms with van der Waals surface area (Å²) in [5.74, 6) is 0. The predicted octanol–water partition coefficient (Wildman–Crippen LogP) is 2.20. The summed E-state index contributed by atoms with van der Waals surface area (Å²) in [4.78, 5) is 4.26. The summed E-state index contributed by atoms with van der Waals surface area (Å²) in [6, 6.07) is 4.14. The Morgan fingerprint density at radius 2 is 2.12 bits per heavy atom. The van der Waals surface area contributed by atoms with Crippen molar-refractivity contribution in [1.82, 2.24) is 15.2 Å². The number of nitrogens with one attached hydrogen (secondary N) is 1. The number of aryl methyl sites for hydroxylation is 2. The second kappa shape index (κ2) is 5.03. The van der Waals surface area contributed by atoms with Gasteiger partial charge in [-0.05, 0) is 31.9 Å². The molecule has 0 saturated carbocycles. The lowest BCUT2D eigenvalue weighted by Crippen LogP contribution is -2.04. The van der Waals surface area contributed by atoms with Crippen molar-refractivity contribution in [2.45, 2.75) is 20.3 Å². The molecule has 0 saturated heterocycles. The van der Waals surface area contributed by atoms with E-state index < -0.39 is 0 Å². The Hall–Kier alpha value is -1.49. The molecule has 0 radical (unpaired) electrons. The largest absolute Gasteiger partial charge is 0.360 e. The average molecular weight is 234 g/mol. The van der Waals surface area contributed by atoms with Gasteiger partial charge in [-0.3, -0.25) is 4.98 Å². The highest BCUT2D eigenvalue weighted by atomic mass is 32.1. The molecule has 0 aliphatic carbocycles. The van der Waals surface area contributed by atoms with Gasteiger partial charge >= 0.3 is 0 Å². The van der Waals surface area contributed by atoms with E-state index in [1.165, 1.54) is 5.56 Å². The van der Waals surface area contributed by atoms with Gasteiger partial charge in [0.2, 0.25) is 5.13 Å². The molecule has 0 aliphatic heterocycles. The number of anilines is 1. The molecule has 2 rings (SSSR count). The van der Waals surface area contributed by atoms with E-state index >= 15 is 0 Å². The first-order valence-corrected chi connectivity index (χ1v) is 6.01. The summed E-state index contributed by atoms with van der Waals surface area (Å²) in [5.41, 5.74) is 2.29. The summed E-state index contributed by atoms with van der Waals surface area (Å²) >= 11 is 1.58. The molecule has 2 aromatic heterocycles. The molecule has 0 spiro atoms. The van der Waals surface area contributed by atoms with Crippen LogP contribution in [-0.4, -0.2) is 21.7 Å². The lowest BCUT2D eigenvalue weighted by molar-refractivity contribution is 0.974. The summed E-state index contributed by atoms with van der Waals surface area (Å²) in [5, 5.41) is 13.1. The molecule has 1 N–H and O–H groups in total. The number of pyridine rings is 1. The molecule has 16 heavy (non-hydrogen) atoms. The molecular weight excluding hydrogens is 220 g/mol. The number of aromatic nitrogens is 3. The Bertz CT molecular complexity index is 449. The summed E-state index contributed by atoms with van der Waals surface area (Å²) < 4.78 is 0. The molecule has 2 heterocycles. The Kier molecular flexibility index (Phi) is 3.46. The van der Waals surface area contributed by atoms with Crippen LogP contribution in [0.2, 0.25) is 0 Å². The minimum absolute atomic E-state index is 0.860. The van der Waals surface area contributed by atoms with Gasteiger partial charge in [0.25, 0.3) is 0 Å². The van der Waals surface area contributed by atoms with Gasteiger partial charge in [-0.2, -0.15) is 0 Å². The molecule has 0 aromatic carbocycles. The van der Waals surface area contributed by atoms with Crippen molar-refractivity contribution in [3.63, 3.8) is 0 Å². The summed E-state index contributed by atoms with van der Waals surface area (Å²) in [7, 11) is 0. The highest BCUT2D eigenvalue weighted by molar-refractivity contribution is 7.15. The van der Waals surface area contributed by atoms with Crippen molar-refractivity contribution in [1.29, 1.82) is 0 Å². The quantitative estimate of drug-likeness (QED) is 0.881. The van der Waals surface area contributed by atoms with Crippen molar-refractivity contribution < 1.29 is 0 Å². The number of nitrogens with zero attached hydrogens (tertiary/aromatic N) is 3. The zero-order valence-corrected chi connectivity index (χ0v) is 10.2. The van der Waals surface area contributed by atoms with Crippen molar-refractivity contribution >= 4 is 16.5 Å². The smallest absolute Gasteiger partial charge is 0.205 e. The van der Waals surface area contributed by atoms with Crippen molar-refractivity contribution in [3.8, 4) is 0 Å². The fraction of sp³-hybridized carbons (Fsp3) is 0.364. The molecule has 4 nitrogen and oxygen atoms in total. The molecule has 0 unspecified atom stereocenters. The van der Waals surface area contributed by atoms with Crippen LogP contribution in [0.1, 0.15) is 16.3 Å². The third-order valence-corrected chi connectivity index (χ3v) is 2.98. The molecule has 84 valence electrons. The lowest BCUT2D eigenvalue weighted by Gasteiger charge is -2.02. The zero-order valence-electron chi connectivity index (χ0n) is 9.40. The first-order valence-electron chi connectivity index (χ1n) is 5.19. The predicted molar refractivity (Wildman–Crippen MR) is 65.8 cm³/mol. The average Bonchev–Trinajstić information content (AvgIpc) is 2.67. The van der Waals surface area contributed by atoms with E-state index in [0.717, 1.165) is 28.8 Å². The van der Waals surface area contributed by atoms with Crippen LogP contribution in [0, 0.1) is 13.8 Å². The van der Waals surface area contributed by atoms with E-state index in [1.807, 2.05) is 26.1 Å². The van der Waals surface area contributed by atoms with Gasteiger partial charge in [-0.1, -0.05) is 17.4 Å². The van der Waals surface area contributed by atoms with Crippen LogP contribution in [0.25, 0.3) is 0 Å². The van der Waals surface area contributed by atoms with Gasteiger partial charge in [0.05, 0.1) is 0 Å². The number of rotatable bonds is 4. The summed E-state index contributed by atoms with van der Waals surface area (Å²) in [6.07, 6.45) is 2.87. The second-order valence-corrected chi connectivity index (χ2v) is 4.79. The minimum Gasteiger partial charge on any atom is -0.360 e. The number of hydrogen-bond acceptors (Lipinski definition) is 5. The van der Waals surface area contributed by atoms with Crippen LogP contribution < -0.4 is 5.32 Å². The molecule has 0 atom stereocenters. The molecule has 0 bridgehead atoms. The van der Waals surface area contributed by atoms with E-state index in [0.29, 0.717) is 0 Å². The Morgan fingerprint density at radius 1 is 1.25 bits per heavy atom. The molecule has 5 heteroatoms. The van der Waals surface area contributed by atoms with Gasteiger partial charge in [0.15, 0.2) is 0 Å². The first kappa shape index (κ1) is 11.0. The van der Waals surface area contributed by atoms with Crippen molar-refractivity contribution in [2.75, 3.05) is 11.9 Å². The SMILES string of the molecule is Cc1ccc(CCNc2nnc(C)s2)cn1. The van der Waals surface area contributed by atoms with Gasteiger partial charge in [-0.25, -0.2) is 0 Å². The minimum atomic E-state index is 0.860. The maximum absolute atomic E-state index is 4.26. The maximum Gasteiger partial charge on any atom is 0.205 e. The van der Waals surface area contributed by atoms with Gasteiger partial charge < -0.3 is 5.32 Å². The second-order valence-electron chi connectivity index (χ2n) is 3.61. The van der Waals surface area contributed by atoms with Gasteiger partial charge in [0, 0.05) is 18.4 Å². The Morgan fingerprint density at radius 3 is 2.75 bits per heavy atom. The summed E-state index contributed by atoms with van der Waals surface area (Å²) in [6.45, 7) is 4.80. The molecule has 0 amide bonds. The molecule has 2 aromatic rings. The molecule has 0 fully saturated rings. The van der Waals surface area contributed by atoms with E-state index in [-0.39, 0.29) is 0 Å². The topological polar surface area (TPSA) is 50.7 Å².